The van der Waals surface area contributed by atoms with Gasteiger partial charge in [-0.05, 0) is 43.4 Å². The van der Waals surface area contributed by atoms with E-state index >= 15 is 0 Å². The first kappa shape index (κ1) is 12.7. The quantitative estimate of drug-likeness (QED) is 0.861. The van der Waals surface area contributed by atoms with Crippen molar-refractivity contribution in [1.82, 2.24) is 10.2 Å². The Morgan fingerprint density at radius 3 is 2.67 bits per heavy atom. The Morgan fingerprint density at radius 1 is 1.22 bits per heavy atom. The SMILES string of the molecule is CCCCc1[nH]nc(N)c1-c1ccc(C)c(C)c1. The molecule has 3 nitrogen and oxygen atoms in total. The van der Waals surface area contributed by atoms with Crippen molar-refractivity contribution in [1.29, 1.82) is 0 Å². The van der Waals surface area contributed by atoms with Crippen molar-refractivity contribution < 1.29 is 0 Å². The lowest BCUT2D eigenvalue weighted by molar-refractivity contribution is 0.773. The monoisotopic (exact) mass is 243 g/mol. The highest BCUT2D eigenvalue weighted by molar-refractivity contribution is 5.76. The fourth-order valence-electron chi connectivity index (χ4n) is 2.15. The van der Waals surface area contributed by atoms with Gasteiger partial charge in [-0.25, -0.2) is 0 Å². The van der Waals surface area contributed by atoms with E-state index in [1.807, 2.05) is 0 Å². The smallest absolute Gasteiger partial charge is 0.153 e. The van der Waals surface area contributed by atoms with Crippen LogP contribution < -0.4 is 5.73 Å². The van der Waals surface area contributed by atoms with Crippen molar-refractivity contribution in [3.8, 4) is 11.1 Å². The van der Waals surface area contributed by atoms with Gasteiger partial charge in [0.15, 0.2) is 5.82 Å². The van der Waals surface area contributed by atoms with E-state index in [1.165, 1.54) is 17.5 Å². The first-order valence-electron chi connectivity index (χ1n) is 6.53. The minimum absolute atomic E-state index is 0.601. The minimum atomic E-state index is 0.601. The third kappa shape index (κ3) is 2.40. The summed E-state index contributed by atoms with van der Waals surface area (Å²) in [4.78, 5) is 0. The number of benzene rings is 1. The fraction of sp³-hybridized carbons (Fsp3) is 0.400. The summed E-state index contributed by atoms with van der Waals surface area (Å²) in [5.74, 6) is 0.601. The Morgan fingerprint density at radius 2 is 2.00 bits per heavy atom. The van der Waals surface area contributed by atoms with Crippen LogP contribution >= 0.6 is 0 Å². The van der Waals surface area contributed by atoms with Gasteiger partial charge in [-0.1, -0.05) is 31.5 Å². The molecule has 3 heteroatoms. The van der Waals surface area contributed by atoms with Gasteiger partial charge in [-0.3, -0.25) is 5.10 Å². The van der Waals surface area contributed by atoms with E-state index in [9.17, 15) is 0 Å². The van der Waals surface area contributed by atoms with Crippen LogP contribution in [0.2, 0.25) is 0 Å². The van der Waals surface area contributed by atoms with Crippen molar-refractivity contribution in [2.45, 2.75) is 40.0 Å². The summed E-state index contributed by atoms with van der Waals surface area (Å²) in [7, 11) is 0. The van der Waals surface area contributed by atoms with Crippen molar-refractivity contribution in [2.24, 2.45) is 0 Å². The number of anilines is 1. The van der Waals surface area contributed by atoms with Crippen molar-refractivity contribution >= 4 is 5.82 Å². The van der Waals surface area contributed by atoms with Crippen molar-refractivity contribution in [3.63, 3.8) is 0 Å². The van der Waals surface area contributed by atoms with Crippen LogP contribution in [0.25, 0.3) is 11.1 Å². The second-order valence-corrected chi connectivity index (χ2v) is 4.86. The summed E-state index contributed by atoms with van der Waals surface area (Å²) < 4.78 is 0. The standard InChI is InChI=1S/C15H21N3/c1-4-5-6-13-14(15(16)18-17-13)12-8-7-10(2)11(3)9-12/h7-9H,4-6H2,1-3H3,(H3,16,17,18). The number of rotatable bonds is 4. The van der Waals surface area contributed by atoms with E-state index in [-0.39, 0.29) is 0 Å². The molecule has 1 aromatic carbocycles. The lowest BCUT2D eigenvalue weighted by Crippen LogP contribution is -1.92. The summed E-state index contributed by atoms with van der Waals surface area (Å²) >= 11 is 0. The van der Waals surface area contributed by atoms with Gasteiger partial charge in [0.2, 0.25) is 0 Å². The summed E-state index contributed by atoms with van der Waals surface area (Å²) in [5, 5.41) is 7.22. The van der Waals surface area contributed by atoms with Crippen LogP contribution in [-0.4, -0.2) is 10.2 Å². The third-order valence-corrected chi connectivity index (χ3v) is 3.45. The predicted molar refractivity (Wildman–Crippen MR) is 76.5 cm³/mol. The number of nitrogens with two attached hydrogens (primary N) is 1. The highest BCUT2D eigenvalue weighted by Gasteiger charge is 2.13. The number of nitrogens with one attached hydrogen (secondary N) is 1. The number of hydrogen-bond acceptors (Lipinski definition) is 2. The highest BCUT2D eigenvalue weighted by atomic mass is 15.2. The number of aryl methyl sites for hydroxylation is 3. The Labute approximate surface area is 108 Å². The molecule has 0 spiro atoms. The molecule has 3 N–H and O–H groups in total. The van der Waals surface area contributed by atoms with Gasteiger partial charge >= 0.3 is 0 Å². The average molecular weight is 243 g/mol. The number of nitrogen functional groups attached to an aromatic ring is 1. The second kappa shape index (κ2) is 5.25. The maximum atomic E-state index is 5.99. The van der Waals surface area contributed by atoms with Gasteiger partial charge in [0.05, 0.1) is 0 Å². The molecule has 0 unspecified atom stereocenters. The number of unbranched alkanes of at least 4 members (excludes halogenated alkanes) is 1. The fourth-order valence-corrected chi connectivity index (χ4v) is 2.15. The molecule has 18 heavy (non-hydrogen) atoms. The molecule has 96 valence electrons. The maximum absolute atomic E-state index is 5.99. The van der Waals surface area contributed by atoms with Crippen molar-refractivity contribution in [3.05, 3.63) is 35.0 Å². The molecular weight excluding hydrogens is 222 g/mol. The van der Waals surface area contributed by atoms with Gasteiger partial charge in [0, 0.05) is 11.3 Å². The van der Waals surface area contributed by atoms with E-state index in [0.717, 1.165) is 29.7 Å². The first-order valence-corrected chi connectivity index (χ1v) is 6.53. The number of nitrogens with zero attached hydrogens (tertiary/aromatic N) is 1. The topological polar surface area (TPSA) is 54.7 Å². The van der Waals surface area contributed by atoms with Gasteiger partial charge in [-0.15, -0.1) is 0 Å². The number of aromatic amines is 1. The third-order valence-electron chi connectivity index (χ3n) is 3.45. The molecule has 1 heterocycles. The van der Waals surface area contributed by atoms with Crippen LogP contribution in [0.4, 0.5) is 5.82 Å². The van der Waals surface area contributed by atoms with E-state index in [4.69, 9.17) is 5.73 Å². The van der Waals surface area contributed by atoms with Crippen LogP contribution in [-0.2, 0) is 6.42 Å². The largest absolute Gasteiger partial charge is 0.382 e. The Hall–Kier alpha value is -1.77. The van der Waals surface area contributed by atoms with Crippen molar-refractivity contribution in [2.75, 3.05) is 5.73 Å². The zero-order valence-electron chi connectivity index (χ0n) is 11.4. The minimum Gasteiger partial charge on any atom is -0.382 e. The molecule has 1 aromatic heterocycles. The molecule has 0 aliphatic heterocycles. The molecule has 2 rings (SSSR count). The van der Waals surface area contributed by atoms with Crippen LogP contribution in [0.1, 0.15) is 36.6 Å². The van der Waals surface area contributed by atoms with Gasteiger partial charge in [0.1, 0.15) is 0 Å². The predicted octanol–water partition coefficient (Wildman–Crippen LogP) is 3.62. The van der Waals surface area contributed by atoms with E-state index in [2.05, 4.69) is 49.2 Å². The summed E-state index contributed by atoms with van der Waals surface area (Å²) in [6, 6.07) is 6.45. The van der Waals surface area contributed by atoms with Gasteiger partial charge in [0.25, 0.3) is 0 Å². The van der Waals surface area contributed by atoms with Crippen LogP contribution in [0.15, 0.2) is 18.2 Å². The molecule has 0 aliphatic rings. The lowest BCUT2D eigenvalue weighted by atomic mass is 9.98. The van der Waals surface area contributed by atoms with E-state index in [0.29, 0.717) is 5.82 Å². The van der Waals surface area contributed by atoms with Gasteiger partial charge in [-0.2, -0.15) is 5.10 Å². The maximum Gasteiger partial charge on any atom is 0.153 e. The lowest BCUT2D eigenvalue weighted by Gasteiger charge is -2.07. The normalized spacial score (nSPS) is 10.8. The molecule has 0 saturated carbocycles. The number of aromatic nitrogens is 2. The highest BCUT2D eigenvalue weighted by Crippen LogP contribution is 2.30. The van der Waals surface area contributed by atoms with E-state index < -0.39 is 0 Å². The molecule has 0 amide bonds. The summed E-state index contributed by atoms with van der Waals surface area (Å²) in [5.41, 5.74) is 12.0. The van der Waals surface area contributed by atoms with Crippen LogP contribution in [0, 0.1) is 13.8 Å². The molecule has 2 aromatic rings. The summed E-state index contributed by atoms with van der Waals surface area (Å²) in [6.45, 7) is 6.44. The zero-order chi connectivity index (χ0) is 13.1. The van der Waals surface area contributed by atoms with Gasteiger partial charge < -0.3 is 5.73 Å². The zero-order valence-corrected chi connectivity index (χ0v) is 11.4. The molecule has 0 fully saturated rings. The summed E-state index contributed by atoms with van der Waals surface area (Å²) in [6.07, 6.45) is 3.33. The molecule has 0 saturated heterocycles. The molecule has 0 bridgehead atoms. The average Bonchev–Trinajstić information content (AvgIpc) is 2.71. The van der Waals surface area contributed by atoms with Crippen LogP contribution in [0.5, 0.6) is 0 Å². The molecule has 0 radical (unpaired) electrons. The molecule has 0 atom stereocenters. The Bertz CT molecular complexity index is 541. The first-order chi connectivity index (χ1) is 8.63. The van der Waals surface area contributed by atoms with Crippen LogP contribution in [0.3, 0.4) is 0 Å². The number of H-pyrrole nitrogens is 1. The van der Waals surface area contributed by atoms with E-state index in [1.54, 1.807) is 0 Å². The number of hydrogen-bond donors (Lipinski definition) is 2. The molecular formula is C15H21N3. The Kier molecular flexibility index (Phi) is 3.70. The molecule has 0 aliphatic carbocycles. The second-order valence-electron chi connectivity index (χ2n) is 4.86. The Balaban J connectivity index is 2.42.